The van der Waals surface area contributed by atoms with E-state index in [1.165, 1.54) is 0 Å². The zero-order valence-corrected chi connectivity index (χ0v) is 10.9. The highest BCUT2D eigenvalue weighted by molar-refractivity contribution is 6.02. The average Bonchev–Trinajstić information content (AvgIpc) is 2.86. The summed E-state index contributed by atoms with van der Waals surface area (Å²) in [5.41, 5.74) is 2.47. The van der Waals surface area contributed by atoms with Gasteiger partial charge in [0, 0.05) is 17.8 Å². The lowest BCUT2D eigenvalue weighted by Gasteiger charge is -2.17. The van der Waals surface area contributed by atoms with Crippen molar-refractivity contribution in [2.45, 2.75) is 19.8 Å². The third kappa shape index (κ3) is 2.37. The number of carbonyl (C=O) groups excluding carboxylic acids is 2. The molecule has 3 rings (SSSR count). The van der Waals surface area contributed by atoms with Crippen LogP contribution in [0.1, 0.15) is 28.4 Å². The Morgan fingerprint density at radius 1 is 1.35 bits per heavy atom. The Balaban J connectivity index is 1.78. The van der Waals surface area contributed by atoms with Crippen molar-refractivity contribution >= 4 is 23.2 Å². The van der Waals surface area contributed by atoms with Crippen molar-refractivity contribution in [2.75, 3.05) is 10.6 Å². The molecule has 1 aromatic heterocycles. The highest BCUT2D eigenvalue weighted by Gasteiger charge is 2.16. The van der Waals surface area contributed by atoms with E-state index in [4.69, 9.17) is 0 Å². The first-order chi connectivity index (χ1) is 9.61. The van der Waals surface area contributed by atoms with E-state index in [0.29, 0.717) is 24.4 Å². The maximum absolute atomic E-state index is 11.9. The van der Waals surface area contributed by atoms with Gasteiger partial charge in [-0.15, -0.1) is 5.10 Å². The van der Waals surface area contributed by atoms with Gasteiger partial charge in [0.25, 0.3) is 5.91 Å². The summed E-state index contributed by atoms with van der Waals surface area (Å²) in [7, 11) is 0. The molecule has 7 heteroatoms. The van der Waals surface area contributed by atoms with Crippen LogP contribution in [-0.4, -0.2) is 27.0 Å². The Hall–Kier alpha value is -2.70. The smallest absolute Gasteiger partial charge is 0.295 e. The van der Waals surface area contributed by atoms with Gasteiger partial charge < -0.3 is 10.6 Å². The highest BCUT2D eigenvalue weighted by Crippen LogP contribution is 2.25. The van der Waals surface area contributed by atoms with Gasteiger partial charge in [-0.25, -0.2) is 4.98 Å². The molecular weight excluding hydrogens is 258 g/mol. The number of rotatable bonds is 2. The van der Waals surface area contributed by atoms with Crippen LogP contribution in [0, 0.1) is 6.92 Å². The maximum atomic E-state index is 11.9. The van der Waals surface area contributed by atoms with E-state index in [2.05, 4.69) is 25.8 Å². The molecule has 20 heavy (non-hydrogen) atoms. The summed E-state index contributed by atoms with van der Waals surface area (Å²) in [6.07, 6.45) is 1.13. The molecule has 102 valence electrons. The van der Waals surface area contributed by atoms with Gasteiger partial charge in [0.2, 0.25) is 11.7 Å². The number of amides is 2. The first kappa shape index (κ1) is 12.3. The van der Waals surface area contributed by atoms with Gasteiger partial charge in [0.1, 0.15) is 5.82 Å². The molecule has 0 saturated carbocycles. The van der Waals surface area contributed by atoms with Gasteiger partial charge >= 0.3 is 0 Å². The van der Waals surface area contributed by atoms with Crippen molar-refractivity contribution in [3.8, 4) is 0 Å². The van der Waals surface area contributed by atoms with E-state index < -0.39 is 0 Å². The fraction of sp³-hybridized carbons (Fsp3) is 0.231. The van der Waals surface area contributed by atoms with Crippen molar-refractivity contribution in [3.63, 3.8) is 0 Å². The third-order valence-electron chi connectivity index (χ3n) is 3.06. The minimum atomic E-state index is -0.367. The normalized spacial score (nSPS) is 13.6. The summed E-state index contributed by atoms with van der Waals surface area (Å²) >= 11 is 0. The number of aromatic amines is 1. The monoisotopic (exact) mass is 271 g/mol. The first-order valence-electron chi connectivity index (χ1n) is 6.25. The molecule has 2 aromatic rings. The second-order valence-corrected chi connectivity index (χ2v) is 4.62. The molecule has 0 fully saturated rings. The van der Waals surface area contributed by atoms with E-state index in [0.717, 1.165) is 11.3 Å². The van der Waals surface area contributed by atoms with Crippen molar-refractivity contribution in [2.24, 2.45) is 0 Å². The molecule has 3 N–H and O–H groups in total. The second kappa shape index (κ2) is 4.76. The van der Waals surface area contributed by atoms with E-state index >= 15 is 0 Å². The van der Waals surface area contributed by atoms with E-state index in [9.17, 15) is 9.59 Å². The van der Waals surface area contributed by atoms with Crippen LogP contribution >= 0.6 is 0 Å². The van der Waals surface area contributed by atoms with Crippen LogP contribution in [0.15, 0.2) is 18.2 Å². The number of hydrogen-bond donors (Lipinski definition) is 3. The molecule has 1 aromatic carbocycles. The number of fused-ring (bicyclic) bond motifs is 1. The number of anilines is 2. The quantitative estimate of drug-likeness (QED) is 0.765. The molecule has 1 aliphatic rings. The summed E-state index contributed by atoms with van der Waals surface area (Å²) in [5.74, 6) is 0.344. The Bertz CT molecular complexity index is 692. The SMILES string of the molecule is Cc1nc(C(=O)Nc2ccc3c(c2)CCC(=O)N3)n[nH]1. The van der Waals surface area contributed by atoms with Crippen LogP contribution in [0.2, 0.25) is 0 Å². The van der Waals surface area contributed by atoms with Crippen molar-refractivity contribution < 1.29 is 9.59 Å². The second-order valence-electron chi connectivity index (χ2n) is 4.62. The van der Waals surface area contributed by atoms with E-state index in [1.807, 2.05) is 6.07 Å². The highest BCUT2D eigenvalue weighted by atomic mass is 16.2. The van der Waals surface area contributed by atoms with Crippen molar-refractivity contribution in [1.82, 2.24) is 15.2 Å². The van der Waals surface area contributed by atoms with Gasteiger partial charge in [-0.2, -0.15) is 0 Å². The van der Waals surface area contributed by atoms with Crippen LogP contribution in [0.25, 0.3) is 0 Å². The fourth-order valence-corrected chi connectivity index (χ4v) is 2.09. The lowest BCUT2D eigenvalue weighted by Crippen LogP contribution is -2.19. The number of nitrogens with zero attached hydrogens (tertiary/aromatic N) is 2. The minimum absolute atomic E-state index is 0.0190. The summed E-state index contributed by atoms with van der Waals surface area (Å²) in [5, 5.41) is 12.0. The summed E-state index contributed by atoms with van der Waals surface area (Å²) < 4.78 is 0. The van der Waals surface area contributed by atoms with Crippen molar-refractivity contribution in [3.05, 3.63) is 35.4 Å². The molecule has 0 spiro atoms. The molecule has 2 heterocycles. The standard InChI is InChI=1S/C13H13N5O2/c1-7-14-12(18-17-7)13(20)15-9-3-4-10-8(6-9)2-5-11(19)16-10/h3-4,6H,2,5H2,1H3,(H,15,20)(H,16,19)(H,14,17,18). The van der Waals surface area contributed by atoms with Crippen LogP contribution in [0.5, 0.6) is 0 Å². The predicted octanol–water partition coefficient (Wildman–Crippen LogP) is 1.25. The molecule has 0 radical (unpaired) electrons. The number of nitrogens with one attached hydrogen (secondary N) is 3. The molecular formula is C13H13N5O2. The van der Waals surface area contributed by atoms with Crippen molar-refractivity contribution in [1.29, 1.82) is 0 Å². The summed E-state index contributed by atoms with van der Waals surface area (Å²) in [6.45, 7) is 1.73. The lowest BCUT2D eigenvalue weighted by molar-refractivity contribution is -0.116. The van der Waals surface area contributed by atoms with Gasteiger partial charge in [0.05, 0.1) is 0 Å². The van der Waals surface area contributed by atoms with Crippen LogP contribution in [0.4, 0.5) is 11.4 Å². The molecule has 1 aliphatic heterocycles. The van der Waals surface area contributed by atoms with E-state index in [-0.39, 0.29) is 17.6 Å². The number of aryl methyl sites for hydroxylation is 2. The Morgan fingerprint density at radius 2 is 2.20 bits per heavy atom. The topological polar surface area (TPSA) is 99.8 Å². The average molecular weight is 271 g/mol. The number of benzene rings is 1. The number of H-pyrrole nitrogens is 1. The maximum Gasteiger partial charge on any atom is 0.295 e. The van der Waals surface area contributed by atoms with Gasteiger partial charge in [-0.1, -0.05) is 0 Å². The molecule has 0 bridgehead atoms. The predicted molar refractivity (Wildman–Crippen MR) is 72.5 cm³/mol. The van der Waals surface area contributed by atoms with Gasteiger partial charge in [-0.05, 0) is 37.1 Å². The summed E-state index contributed by atoms with van der Waals surface area (Å²) in [6, 6.07) is 5.37. The Kier molecular flexibility index (Phi) is 2.94. The van der Waals surface area contributed by atoms with Crippen LogP contribution in [0.3, 0.4) is 0 Å². The largest absolute Gasteiger partial charge is 0.326 e. The minimum Gasteiger partial charge on any atom is -0.326 e. The molecule has 0 saturated heterocycles. The first-order valence-corrected chi connectivity index (χ1v) is 6.25. The number of carbonyl (C=O) groups is 2. The van der Waals surface area contributed by atoms with Gasteiger partial charge in [0.15, 0.2) is 0 Å². The van der Waals surface area contributed by atoms with E-state index in [1.54, 1.807) is 19.1 Å². The molecule has 0 aliphatic carbocycles. The Morgan fingerprint density at radius 3 is 2.95 bits per heavy atom. The number of hydrogen-bond acceptors (Lipinski definition) is 4. The fourth-order valence-electron chi connectivity index (χ4n) is 2.09. The van der Waals surface area contributed by atoms with Crippen LogP contribution in [-0.2, 0) is 11.2 Å². The molecule has 2 amide bonds. The van der Waals surface area contributed by atoms with Gasteiger partial charge in [-0.3, -0.25) is 14.7 Å². The zero-order valence-electron chi connectivity index (χ0n) is 10.9. The zero-order chi connectivity index (χ0) is 14.1. The molecule has 7 nitrogen and oxygen atoms in total. The molecule has 0 unspecified atom stereocenters. The summed E-state index contributed by atoms with van der Waals surface area (Å²) in [4.78, 5) is 27.2. The molecule has 0 atom stereocenters. The van der Waals surface area contributed by atoms with Crippen LogP contribution < -0.4 is 10.6 Å². The number of aromatic nitrogens is 3. The lowest BCUT2D eigenvalue weighted by atomic mass is 10.0. The third-order valence-corrected chi connectivity index (χ3v) is 3.06. The Labute approximate surface area is 114 Å².